The van der Waals surface area contributed by atoms with Crippen LogP contribution in [-0.2, 0) is 59.8 Å². The first-order valence-corrected chi connectivity index (χ1v) is 25.6. The maximum Gasteiger partial charge on any atom is 0.408 e. The molecule has 0 bridgehead atoms. The fourth-order valence-electron chi connectivity index (χ4n) is 11.1. The van der Waals surface area contributed by atoms with Gasteiger partial charge in [0.15, 0.2) is 0 Å². The molecule has 7 amide bonds. The maximum absolute atomic E-state index is 14.8. The van der Waals surface area contributed by atoms with Gasteiger partial charge in [-0.05, 0) is 142 Å². The quantitative estimate of drug-likeness (QED) is 0.0834. The zero-order valence-electron chi connectivity index (χ0n) is 42.3. The lowest BCUT2D eigenvalue weighted by Gasteiger charge is -2.30. The lowest BCUT2D eigenvalue weighted by Crippen LogP contribution is -2.57. The third-order valence-electron chi connectivity index (χ3n) is 14.7. The summed E-state index contributed by atoms with van der Waals surface area (Å²) < 4.78 is 8.62. The Hall–Kier alpha value is -7.82. The van der Waals surface area contributed by atoms with E-state index in [0.29, 0.717) is 23.5 Å². The van der Waals surface area contributed by atoms with E-state index in [4.69, 9.17) is 10.5 Å². The molecule has 6 N–H and O–H groups in total. The Bertz CT molecular complexity index is 3070. The number of nitrogens with one attached hydrogen (secondary N) is 4. The summed E-state index contributed by atoms with van der Waals surface area (Å²) in [5.74, 6) is -2.64. The summed E-state index contributed by atoms with van der Waals surface area (Å²) >= 11 is 0. The minimum absolute atomic E-state index is 0.0830. The second-order valence-electron chi connectivity index (χ2n) is 21.1. The molecule has 1 saturated heterocycles. The third-order valence-corrected chi connectivity index (χ3v) is 14.7. The molecule has 4 aromatic carbocycles. The predicted molar refractivity (Wildman–Crippen MR) is 278 cm³/mol. The smallest absolute Gasteiger partial charge is 0.408 e. The lowest BCUT2D eigenvalue weighted by atomic mass is 9.81. The highest BCUT2D eigenvalue weighted by molar-refractivity contribution is 6.08. The van der Waals surface area contributed by atoms with Crippen LogP contribution in [0.5, 0.6) is 0 Å². The normalized spacial score (nSPS) is 20.1. The van der Waals surface area contributed by atoms with E-state index in [1.54, 1.807) is 32.4 Å². The van der Waals surface area contributed by atoms with Gasteiger partial charge < -0.3 is 26.4 Å². The molecule has 17 nitrogen and oxygen atoms in total. The third kappa shape index (κ3) is 11.2. The summed E-state index contributed by atoms with van der Waals surface area (Å²) in [6, 6.07) is 24.3. The number of alkyl carbamates (subject to hydrolysis) is 1. The lowest BCUT2D eigenvalue weighted by molar-refractivity contribution is -0.136. The van der Waals surface area contributed by atoms with E-state index < -0.39 is 71.4 Å². The molecule has 1 saturated carbocycles. The van der Waals surface area contributed by atoms with Crippen molar-refractivity contribution < 1.29 is 38.3 Å². The summed E-state index contributed by atoms with van der Waals surface area (Å²) in [4.78, 5) is 109. The Balaban J connectivity index is 0.939. The molecular formula is C57H64N8O9. The fourth-order valence-corrected chi connectivity index (χ4v) is 11.1. The number of aryl methyl sites for hydroxylation is 2. The zero-order chi connectivity index (χ0) is 52.4. The molecule has 17 heteroatoms. The second-order valence-corrected chi connectivity index (χ2v) is 21.1. The molecule has 1 aliphatic carbocycles. The number of hydrogen-bond donors (Lipinski definition) is 5. The van der Waals surface area contributed by atoms with E-state index in [1.807, 2.05) is 84.9 Å². The van der Waals surface area contributed by atoms with E-state index >= 15 is 0 Å². The number of imide groups is 1. The zero-order valence-corrected chi connectivity index (χ0v) is 42.3. The number of ether oxygens (including phenoxy) is 1. The van der Waals surface area contributed by atoms with Crippen molar-refractivity contribution in [2.75, 3.05) is 4.90 Å². The van der Waals surface area contributed by atoms with Crippen LogP contribution in [0.4, 0.5) is 10.5 Å². The van der Waals surface area contributed by atoms with Gasteiger partial charge in [-0.25, -0.2) is 9.59 Å². The SMILES string of the molecule is Cn1c(=O)n(C2CCC(=O)NC2=O)c2ccc(CC3CCC(=Cc4cc5c6c(c4)C[C@@H](C(=O)NC(CCC(N)=O)C(=O)NC(c4ccccc4)c4ccccc4)N6C(=O)[C@@H](NC(=O)OC(C)(C)C)CC5)CC3)cc21. The molecule has 74 heavy (non-hydrogen) atoms. The van der Waals surface area contributed by atoms with Crippen molar-refractivity contribution in [1.29, 1.82) is 0 Å². The topological polar surface area (TPSA) is 233 Å². The average Bonchev–Trinajstić information content (AvgIpc) is 3.83. The number of aromatic nitrogens is 2. The van der Waals surface area contributed by atoms with E-state index in [0.717, 1.165) is 71.0 Å². The minimum Gasteiger partial charge on any atom is -0.444 e. The number of nitrogens with two attached hydrogens (primary N) is 1. The molecule has 1 aromatic heterocycles. The molecule has 9 rings (SSSR count). The van der Waals surface area contributed by atoms with Gasteiger partial charge in [-0.3, -0.25) is 48.1 Å². The van der Waals surface area contributed by atoms with Crippen molar-refractivity contribution in [2.24, 2.45) is 18.7 Å². The van der Waals surface area contributed by atoms with Crippen molar-refractivity contribution in [3.8, 4) is 0 Å². The van der Waals surface area contributed by atoms with Gasteiger partial charge in [-0.1, -0.05) is 78.4 Å². The number of imidazole rings is 1. The van der Waals surface area contributed by atoms with Crippen molar-refractivity contribution >= 4 is 64.3 Å². The predicted octanol–water partition coefficient (Wildman–Crippen LogP) is 5.89. The van der Waals surface area contributed by atoms with E-state index in [1.165, 1.54) is 15.0 Å². The Morgan fingerprint density at radius 2 is 1.49 bits per heavy atom. The number of fused-ring (bicyclic) bond motifs is 1. The van der Waals surface area contributed by atoms with Gasteiger partial charge in [0.2, 0.25) is 35.4 Å². The monoisotopic (exact) mass is 1000 g/mol. The molecule has 3 aliphatic heterocycles. The standard InChI is InChI=1S/C57H64N8O9/c1-57(2,3)74-55(72)60-42-21-20-39-29-36(28-34-17-15-33(16-18-34)27-35-19-23-43-45(31-35)63(4)56(73)64(43)44-24-26-48(67)61-52(44)69)30-40-32-46(65(50(39)40)54(42)71)53(70)59-41(22-25-47(58)66)51(68)62-49(37-11-7-5-8-12-37)38-13-9-6-10-14-38/h5-14,19,23,28-31,33,41-42,44,46,49H,15-18,20-22,24-27,32H2,1-4H3,(H2,58,66)(H,59,70)(H,60,72)(H,62,68)(H,61,67,69)/t33?,41?,42-,44?,46-/m0/s1. The van der Waals surface area contributed by atoms with Crippen LogP contribution >= 0.6 is 0 Å². The molecule has 4 atom stereocenters. The number of nitrogens with zero attached hydrogens (tertiary/aromatic N) is 3. The summed E-state index contributed by atoms with van der Waals surface area (Å²) in [6.45, 7) is 5.20. The number of piperidine rings is 1. The van der Waals surface area contributed by atoms with Crippen LogP contribution in [0.15, 0.2) is 101 Å². The van der Waals surface area contributed by atoms with Gasteiger partial charge >= 0.3 is 11.8 Å². The van der Waals surface area contributed by atoms with Crippen LogP contribution in [0.25, 0.3) is 17.1 Å². The number of carbonyl (C=O) groups excluding carboxylic acids is 7. The summed E-state index contributed by atoms with van der Waals surface area (Å²) in [7, 11) is 1.70. The molecule has 386 valence electrons. The van der Waals surface area contributed by atoms with Gasteiger partial charge in [0, 0.05) is 26.3 Å². The number of amides is 7. The molecule has 4 heterocycles. The van der Waals surface area contributed by atoms with Crippen LogP contribution in [0.1, 0.15) is 124 Å². The van der Waals surface area contributed by atoms with Gasteiger partial charge in [0.1, 0.15) is 29.8 Å². The maximum atomic E-state index is 14.8. The number of carbonyl (C=O) groups is 7. The van der Waals surface area contributed by atoms with Crippen molar-refractivity contribution in [2.45, 2.75) is 134 Å². The van der Waals surface area contributed by atoms with Gasteiger partial charge in [0.05, 0.1) is 22.8 Å². The first kappa shape index (κ1) is 51.1. The molecule has 5 aromatic rings. The Morgan fingerprint density at radius 1 is 0.811 bits per heavy atom. The summed E-state index contributed by atoms with van der Waals surface area (Å²) in [6.07, 6.45) is 6.90. The second kappa shape index (κ2) is 21.3. The van der Waals surface area contributed by atoms with Crippen LogP contribution < -0.4 is 37.6 Å². The van der Waals surface area contributed by atoms with Gasteiger partial charge in [0.25, 0.3) is 0 Å². The van der Waals surface area contributed by atoms with E-state index in [2.05, 4.69) is 33.4 Å². The molecule has 0 radical (unpaired) electrons. The van der Waals surface area contributed by atoms with Crippen molar-refractivity contribution in [3.05, 3.63) is 140 Å². The van der Waals surface area contributed by atoms with Gasteiger partial charge in [-0.2, -0.15) is 0 Å². The number of rotatable bonds is 14. The number of anilines is 1. The van der Waals surface area contributed by atoms with Gasteiger partial charge in [-0.15, -0.1) is 0 Å². The summed E-state index contributed by atoms with van der Waals surface area (Å²) in [5.41, 5.74) is 13.1. The fraction of sp³-hybridized carbons (Fsp3) is 0.404. The molecule has 2 unspecified atom stereocenters. The largest absolute Gasteiger partial charge is 0.444 e. The minimum atomic E-state index is -1.19. The van der Waals surface area contributed by atoms with Crippen molar-refractivity contribution in [1.82, 2.24) is 30.4 Å². The average molecular weight is 1010 g/mol. The highest BCUT2D eigenvalue weighted by Crippen LogP contribution is 2.42. The van der Waals surface area contributed by atoms with Crippen LogP contribution in [-0.4, -0.2) is 74.4 Å². The molecule has 0 spiro atoms. The number of hydrogen-bond acceptors (Lipinski definition) is 9. The first-order valence-electron chi connectivity index (χ1n) is 25.6. The van der Waals surface area contributed by atoms with Crippen LogP contribution in [0.2, 0.25) is 0 Å². The molecular weight excluding hydrogens is 941 g/mol. The molecule has 4 aliphatic rings. The van der Waals surface area contributed by atoms with E-state index in [-0.39, 0.29) is 50.1 Å². The summed E-state index contributed by atoms with van der Waals surface area (Å²) in [5, 5.41) is 11.1. The highest BCUT2D eigenvalue weighted by atomic mass is 16.6. The number of primary amides is 1. The number of allylic oxidation sites excluding steroid dienone is 1. The first-order chi connectivity index (χ1) is 35.4. The highest BCUT2D eigenvalue weighted by Gasteiger charge is 2.45. The Labute approximate surface area is 429 Å². The van der Waals surface area contributed by atoms with E-state index in [9.17, 15) is 38.4 Å². The Morgan fingerprint density at radius 3 is 2.14 bits per heavy atom. The van der Waals surface area contributed by atoms with Crippen LogP contribution in [0.3, 0.4) is 0 Å². The Kier molecular flexibility index (Phi) is 14.7. The molecule has 2 fully saturated rings. The van der Waals surface area contributed by atoms with Crippen LogP contribution in [0, 0.1) is 5.92 Å². The van der Waals surface area contributed by atoms with Crippen molar-refractivity contribution in [3.63, 3.8) is 0 Å². The number of benzene rings is 4.